The van der Waals surface area contributed by atoms with E-state index in [-0.39, 0.29) is 30.5 Å². The summed E-state index contributed by atoms with van der Waals surface area (Å²) in [7, 11) is 0. The molecule has 0 bridgehead atoms. The maximum Gasteiger partial charge on any atom is 0.301 e. The van der Waals surface area contributed by atoms with Crippen molar-refractivity contribution >= 4 is 40.5 Å². The molecule has 4 rings (SSSR count). The maximum atomic E-state index is 12.9. The Morgan fingerprint density at radius 1 is 1.09 bits per heavy atom. The zero-order chi connectivity index (χ0) is 23.7. The number of carbonyl (C=O) groups is 3. The lowest BCUT2D eigenvalue weighted by atomic mass is 9.80. The second kappa shape index (κ2) is 8.92. The van der Waals surface area contributed by atoms with Gasteiger partial charge >= 0.3 is 5.69 Å². The minimum absolute atomic E-state index is 0.0214. The van der Waals surface area contributed by atoms with E-state index in [4.69, 9.17) is 0 Å². The van der Waals surface area contributed by atoms with Crippen molar-refractivity contribution in [3.05, 3.63) is 38.4 Å². The highest BCUT2D eigenvalue weighted by Gasteiger charge is 2.50. The number of benzene rings is 1. The van der Waals surface area contributed by atoms with E-state index in [9.17, 15) is 34.6 Å². The van der Waals surface area contributed by atoms with Crippen molar-refractivity contribution in [1.82, 2.24) is 9.80 Å². The summed E-state index contributed by atoms with van der Waals surface area (Å²) in [6.45, 7) is 1.03. The molecule has 2 saturated heterocycles. The van der Waals surface area contributed by atoms with E-state index < -0.39 is 39.0 Å². The van der Waals surface area contributed by atoms with Gasteiger partial charge < -0.3 is 4.90 Å². The summed E-state index contributed by atoms with van der Waals surface area (Å²) in [6, 6.07) is 3.16. The van der Waals surface area contributed by atoms with Crippen LogP contribution in [0.3, 0.4) is 0 Å². The second-order valence-corrected chi connectivity index (χ2v) is 8.31. The predicted octanol–water partition coefficient (Wildman–Crippen LogP) is 1.68. The van der Waals surface area contributed by atoms with Crippen LogP contribution in [-0.4, -0.2) is 62.7 Å². The monoisotopic (exact) mass is 458 g/mol. The summed E-state index contributed by atoms with van der Waals surface area (Å²) < 4.78 is 0. The van der Waals surface area contributed by atoms with E-state index in [1.165, 1.54) is 6.07 Å². The summed E-state index contributed by atoms with van der Waals surface area (Å²) in [6.07, 6.45) is 2.81. The molecule has 174 valence electrons. The zero-order valence-electron chi connectivity index (χ0n) is 17.6. The Kier molecular flexibility index (Phi) is 6.03. The zero-order valence-corrected chi connectivity index (χ0v) is 17.6. The van der Waals surface area contributed by atoms with Crippen molar-refractivity contribution in [2.24, 2.45) is 16.9 Å². The van der Waals surface area contributed by atoms with E-state index >= 15 is 0 Å². The molecule has 1 saturated carbocycles. The van der Waals surface area contributed by atoms with Gasteiger partial charge in [-0.1, -0.05) is 0 Å². The Bertz CT molecular complexity index is 1060. The number of nitro benzene ring substituents is 2. The number of imide groups is 1. The summed E-state index contributed by atoms with van der Waals surface area (Å²) in [5.41, 5.74) is 2.19. The smallest absolute Gasteiger partial charge is 0.301 e. The molecular weight excluding hydrogens is 436 g/mol. The van der Waals surface area contributed by atoms with Crippen molar-refractivity contribution in [3.8, 4) is 0 Å². The number of carbonyl (C=O) groups excluding carboxylic acids is 3. The summed E-state index contributed by atoms with van der Waals surface area (Å²) in [5.74, 6) is -2.09. The van der Waals surface area contributed by atoms with Crippen LogP contribution in [0.1, 0.15) is 32.1 Å². The SMILES string of the molecule is O=C(CN1C(=O)[C@@H]2CC/C(=N\Nc3ccc([N+](=O)[O-])cc3[N+](=O)[O-])C[C@H]2C1=O)N1CCCC1. The largest absolute Gasteiger partial charge is 0.341 e. The third-order valence-electron chi connectivity index (χ3n) is 6.33. The van der Waals surface area contributed by atoms with Gasteiger partial charge in [0, 0.05) is 24.9 Å². The maximum absolute atomic E-state index is 12.9. The van der Waals surface area contributed by atoms with Crippen molar-refractivity contribution in [3.63, 3.8) is 0 Å². The first-order valence-electron chi connectivity index (χ1n) is 10.6. The Morgan fingerprint density at radius 3 is 2.45 bits per heavy atom. The molecule has 1 aliphatic carbocycles. The first kappa shape index (κ1) is 22.3. The molecule has 2 aliphatic heterocycles. The minimum Gasteiger partial charge on any atom is -0.341 e. The minimum atomic E-state index is -0.749. The number of nitrogens with zero attached hydrogens (tertiary/aromatic N) is 5. The fraction of sp³-hybridized carbons (Fsp3) is 0.500. The quantitative estimate of drug-likeness (QED) is 0.381. The van der Waals surface area contributed by atoms with Gasteiger partial charge in [-0.15, -0.1) is 0 Å². The molecule has 0 aromatic heterocycles. The molecule has 3 aliphatic rings. The third kappa shape index (κ3) is 4.38. The van der Waals surface area contributed by atoms with Crippen LogP contribution in [0.5, 0.6) is 0 Å². The van der Waals surface area contributed by atoms with E-state index in [0.29, 0.717) is 31.6 Å². The molecule has 13 heteroatoms. The molecule has 0 radical (unpaired) electrons. The molecule has 3 fully saturated rings. The molecule has 3 amide bonds. The fourth-order valence-corrected chi connectivity index (χ4v) is 4.56. The van der Waals surface area contributed by atoms with Crippen molar-refractivity contribution in [1.29, 1.82) is 0 Å². The van der Waals surface area contributed by atoms with Crippen LogP contribution in [0, 0.1) is 32.1 Å². The molecule has 0 unspecified atom stereocenters. The highest BCUT2D eigenvalue weighted by atomic mass is 16.6. The molecule has 33 heavy (non-hydrogen) atoms. The number of fused-ring (bicyclic) bond motifs is 1. The molecule has 0 spiro atoms. The summed E-state index contributed by atoms with van der Waals surface area (Å²) in [4.78, 5) is 61.4. The summed E-state index contributed by atoms with van der Waals surface area (Å²) in [5, 5.41) is 26.3. The van der Waals surface area contributed by atoms with E-state index in [1.807, 2.05) is 0 Å². The van der Waals surface area contributed by atoms with Gasteiger partial charge in [-0.25, -0.2) is 0 Å². The van der Waals surface area contributed by atoms with Crippen LogP contribution in [0.25, 0.3) is 0 Å². The first-order valence-corrected chi connectivity index (χ1v) is 10.6. The van der Waals surface area contributed by atoms with Gasteiger partial charge in [0.05, 0.1) is 27.7 Å². The highest BCUT2D eigenvalue weighted by molar-refractivity contribution is 6.09. The number of nitro groups is 2. The lowest BCUT2D eigenvalue weighted by Crippen LogP contribution is -2.42. The first-order chi connectivity index (χ1) is 15.8. The fourth-order valence-electron chi connectivity index (χ4n) is 4.56. The topological polar surface area (TPSA) is 168 Å². The van der Waals surface area contributed by atoms with Crippen LogP contribution in [-0.2, 0) is 14.4 Å². The van der Waals surface area contributed by atoms with Gasteiger partial charge in [-0.3, -0.25) is 44.9 Å². The van der Waals surface area contributed by atoms with Crippen LogP contribution in [0.15, 0.2) is 23.3 Å². The molecule has 1 aromatic rings. The number of non-ortho nitro benzene ring substituents is 1. The van der Waals surface area contributed by atoms with E-state index in [0.717, 1.165) is 29.9 Å². The van der Waals surface area contributed by atoms with Crippen molar-refractivity contribution in [2.45, 2.75) is 32.1 Å². The van der Waals surface area contributed by atoms with Gasteiger partial charge in [0.2, 0.25) is 17.7 Å². The average molecular weight is 458 g/mol. The van der Waals surface area contributed by atoms with Crippen LogP contribution in [0.2, 0.25) is 0 Å². The van der Waals surface area contributed by atoms with E-state index in [1.54, 1.807) is 4.90 Å². The molecule has 2 heterocycles. The highest BCUT2D eigenvalue weighted by Crippen LogP contribution is 2.37. The Balaban J connectivity index is 1.44. The third-order valence-corrected chi connectivity index (χ3v) is 6.33. The van der Waals surface area contributed by atoms with E-state index in [2.05, 4.69) is 10.5 Å². The number of hydrogen-bond acceptors (Lipinski definition) is 9. The predicted molar refractivity (Wildman–Crippen MR) is 114 cm³/mol. The average Bonchev–Trinajstić information content (AvgIpc) is 3.41. The van der Waals surface area contributed by atoms with Gasteiger partial charge in [-0.2, -0.15) is 5.10 Å². The molecule has 1 N–H and O–H groups in total. The van der Waals surface area contributed by atoms with Gasteiger partial charge in [0.1, 0.15) is 12.2 Å². The second-order valence-electron chi connectivity index (χ2n) is 8.31. The van der Waals surface area contributed by atoms with Crippen LogP contribution in [0.4, 0.5) is 17.1 Å². The van der Waals surface area contributed by atoms with Gasteiger partial charge in [0.25, 0.3) is 5.69 Å². The number of nitrogens with one attached hydrogen (secondary N) is 1. The Hall–Kier alpha value is -3.90. The molecule has 2 atom stereocenters. The Morgan fingerprint density at radius 2 is 1.79 bits per heavy atom. The number of amides is 3. The normalized spacial score (nSPS) is 23.7. The van der Waals surface area contributed by atoms with Gasteiger partial charge in [0.15, 0.2) is 0 Å². The van der Waals surface area contributed by atoms with Gasteiger partial charge in [-0.05, 0) is 38.2 Å². The summed E-state index contributed by atoms with van der Waals surface area (Å²) >= 11 is 0. The van der Waals surface area contributed by atoms with Crippen molar-refractivity contribution in [2.75, 3.05) is 25.1 Å². The lowest BCUT2D eigenvalue weighted by Gasteiger charge is -2.22. The molecule has 13 nitrogen and oxygen atoms in total. The van der Waals surface area contributed by atoms with Crippen LogP contribution >= 0.6 is 0 Å². The standard InChI is InChI=1S/C20H22N6O7/c27-18(23-7-1-2-8-23)11-24-19(28)14-5-3-12(9-15(14)20(24)29)21-22-16-6-4-13(25(30)31)10-17(16)26(32)33/h4,6,10,14-15,22H,1-3,5,7-9,11H2/b21-12+/t14-,15-/m1/s1. The molecule has 1 aromatic carbocycles. The number of hydrogen-bond donors (Lipinski definition) is 1. The lowest BCUT2D eigenvalue weighted by molar-refractivity contribution is -0.393. The van der Waals surface area contributed by atoms with Crippen molar-refractivity contribution < 1.29 is 24.2 Å². The Labute approximate surface area is 187 Å². The number of rotatable bonds is 6. The number of likely N-dealkylation sites (tertiary alicyclic amines) is 2. The number of hydrazone groups is 1. The molecular formula is C20H22N6O7. The number of anilines is 1. The van der Waals surface area contributed by atoms with Crippen LogP contribution < -0.4 is 5.43 Å².